The molecule has 0 aliphatic heterocycles. The van der Waals surface area contributed by atoms with Crippen molar-refractivity contribution in [1.29, 1.82) is 0 Å². The van der Waals surface area contributed by atoms with Gasteiger partial charge in [0.25, 0.3) is 0 Å². The van der Waals surface area contributed by atoms with Gasteiger partial charge in [0.15, 0.2) is 11.3 Å². The minimum Gasteiger partial charge on any atom is -0.312 e. The van der Waals surface area contributed by atoms with Crippen LogP contribution in [0, 0.1) is 13.8 Å². The molecule has 0 aliphatic rings. The van der Waals surface area contributed by atoms with Crippen LogP contribution in [-0.2, 0) is 0 Å². The number of halogens is 1. The largest absolute Gasteiger partial charge is 0.312 e. The molecule has 0 amide bonds. The van der Waals surface area contributed by atoms with Gasteiger partial charge < -0.3 is 4.98 Å². The molecule has 5 heteroatoms. The highest BCUT2D eigenvalue weighted by Crippen LogP contribution is 2.11. The number of aromatic nitrogens is 4. The van der Waals surface area contributed by atoms with Crippen molar-refractivity contribution in [3.63, 3.8) is 0 Å². The Bertz CT molecular complexity index is 395. The third-order valence-electron chi connectivity index (χ3n) is 1.71. The van der Waals surface area contributed by atoms with Crippen LogP contribution >= 0.6 is 11.6 Å². The predicted molar refractivity (Wildman–Crippen MR) is 46.2 cm³/mol. The number of aryl methyl sites for hydroxylation is 2. The van der Waals surface area contributed by atoms with Crippen LogP contribution in [0.2, 0.25) is 5.28 Å². The van der Waals surface area contributed by atoms with Crippen molar-refractivity contribution < 1.29 is 0 Å². The van der Waals surface area contributed by atoms with Gasteiger partial charge in [-0.15, -0.1) is 0 Å². The molecular formula is C7H7ClN4. The normalized spacial score (nSPS) is 10.9. The van der Waals surface area contributed by atoms with E-state index in [0.29, 0.717) is 16.6 Å². The van der Waals surface area contributed by atoms with Gasteiger partial charge in [-0.05, 0) is 25.4 Å². The Balaban J connectivity index is 2.83. The molecule has 0 fully saturated rings. The summed E-state index contributed by atoms with van der Waals surface area (Å²) in [5.41, 5.74) is 2.99. The quantitative estimate of drug-likeness (QED) is 0.674. The first kappa shape index (κ1) is 7.49. The lowest BCUT2D eigenvalue weighted by Crippen LogP contribution is -1.91. The zero-order chi connectivity index (χ0) is 8.72. The number of rotatable bonds is 0. The molecule has 2 aromatic rings. The third kappa shape index (κ3) is 1.04. The maximum atomic E-state index is 5.64. The van der Waals surface area contributed by atoms with Crippen molar-refractivity contribution in [3.05, 3.63) is 16.7 Å². The highest BCUT2D eigenvalue weighted by atomic mass is 35.5. The second-order valence-corrected chi connectivity index (χ2v) is 2.95. The number of nitrogens with one attached hydrogen (secondary N) is 1. The summed E-state index contributed by atoms with van der Waals surface area (Å²) in [6.45, 7) is 3.79. The first-order valence-electron chi connectivity index (χ1n) is 3.53. The monoisotopic (exact) mass is 182 g/mol. The Morgan fingerprint density at radius 2 is 1.75 bits per heavy atom. The summed E-state index contributed by atoms with van der Waals surface area (Å²) in [6.07, 6.45) is 0. The summed E-state index contributed by atoms with van der Waals surface area (Å²) < 4.78 is 0. The summed E-state index contributed by atoms with van der Waals surface area (Å²) in [6, 6.07) is 0. The molecule has 0 bridgehead atoms. The van der Waals surface area contributed by atoms with Crippen molar-refractivity contribution in [1.82, 2.24) is 19.9 Å². The van der Waals surface area contributed by atoms with Gasteiger partial charge in [-0.3, -0.25) is 0 Å². The van der Waals surface area contributed by atoms with Crippen LogP contribution in [0.4, 0.5) is 0 Å². The van der Waals surface area contributed by atoms with Gasteiger partial charge in [-0.1, -0.05) is 0 Å². The number of aromatic amines is 1. The molecule has 0 saturated heterocycles. The number of nitrogens with zero attached hydrogens (tertiary/aromatic N) is 3. The maximum Gasteiger partial charge on any atom is 0.203 e. The zero-order valence-electron chi connectivity index (χ0n) is 6.72. The molecule has 0 unspecified atom stereocenters. The van der Waals surface area contributed by atoms with E-state index >= 15 is 0 Å². The van der Waals surface area contributed by atoms with E-state index in [-0.39, 0.29) is 0 Å². The fraction of sp³-hybridized carbons (Fsp3) is 0.286. The molecule has 4 nitrogen and oxygen atoms in total. The van der Waals surface area contributed by atoms with E-state index in [2.05, 4.69) is 19.9 Å². The number of fused-ring (bicyclic) bond motifs is 1. The molecule has 12 heavy (non-hydrogen) atoms. The van der Waals surface area contributed by atoms with Gasteiger partial charge in [0, 0.05) is 0 Å². The SMILES string of the molecule is Cc1nc2nc(Cl)[nH]c2nc1C. The molecule has 2 heterocycles. The Morgan fingerprint density at radius 3 is 2.50 bits per heavy atom. The Morgan fingerprint density at radius 1 is 1.08 bits per heavy atom. The van der Waals surface area contributed by atoms with E-state index in [1.807, 2.05) is 13.8 Å². The van der Waals surface area contributed by atoms with Crippen LogP contribution in [-0.4, -0.2) is 19.9 Å². The second-order valence-electron chi connectivity index (χ2n) is 2.59. The van der Waals surface area contributed by atoms with Crippen LogP contribution < -0.4 is 0 Å². The second kappa shape index (κ2) is 2.42. The standard InChI is InChI=1S/C7H7ClN4/c1-3-4(2)10-6-5(9-3)11-7(8)12-6/h1-2H3,(H,9,10,11,12). The van der Waals surface area contributed by atoms with Gasteiger partial charge >= 0.3 is 0 Å². The van der Waals surface area contributed by atoms with Crippen LogP contribution in [0.5, 0.6) is 0 Å². The molecule has 0 aliphatic carbocycles. The van der Waals surface area contributed by atoms with Gasteiger partial charge in [-0.2, -0.15) is 4.98 Å². The molecule has 2 rings (SSSR count). The molecule has 0 radical (unpaired) electrons. The van der Waals surface area contributed by atoms with E-state index < -0.39 is 0 Å². The van der Waals surface area contributed by atoms with Crippen molar-refractivity contribution in [2.75, 3.05) is 0 Å². The maximum absolute atomic E-state index is 5.64. The summed E-state index contributed by atoms with van der Waals surface area (Å²) in [7, 11) is 0. The van der Waals surface area contributed by atoms with E-state index in [1.165, 1.54) is 0 Å². The fourth-order valence-corrected chi connectivity index (χ4v) is 1.14. The predicted octanol–water partition coefficient (Wildman–Crippen LogP) is 1.62. The average Bonchev–Trinajstić information content (AvgIpc) is 2.30. The first-order valence-corrected chi connectivity index (χ1v) is 3.91. The smallest absolute Gasteiger partial charge is 0.203 e. The minimum atomic E-state index is 0.329. The lowest BCUT2D eigenvalue weighted by Gasteiger charge is -1.94. The van der Waals surface area contributed by atoms with Crippen LogP contribution in [0.25, 0.3) is 11.3 Å². The topological polar surface area (TPSA) is 54.5 Å². The summed E-state index contributed by atoms with van der Waals surface area (Å²) in [5.74, 6) is 0. The van der Waals surface area contributed by atoms with E-state index in [4.69, 9.17) is 11.6 Å². The minimum absolute atomic E-state index is 0.329. The van der Waals surface area contributed by atoms with Gasteiger partial charge in [0.1, 0.15) is 0 Å². The van der Waals surface area contributed by atoms with E-state index in [0.717, 1.165) is 11.4 Å². The lowest BCUT2D eigenvalue weighted by molar-refractivity contribution is 1.09. The molecule has 0 spiro atoms. The van der Waals surface area contributed by atoms with Crippen molar-refractivity contribution in [2.45, 2.75) is 13.8 Å². The van der Waals surface area contributed by atoms with Crippen LogP contribution in [0.1, 0.15) is 11.4 Å². The van der Waals surface area contributed by atoms with E-state index in [9.17, 15) is 0 Å². The molecule has 0 aromatic carbocycles. The molecule has 1 N–H and O–H groups in total. The Labute approximate surface area is 74.0 Å². The number of imidazole rings is 1. The molecule has 2 aromatic heterocycles. The highest BCUT2D eigenvalue weighted by molar-refractivity contribution is 6.28. The molecule has 0 saturated carbocycles. The number of H-pyrrole nitrogens is 1. The molecule has 62 valence electrons. The van der Waals surface area contributed by atoms with Gasteiger partial charge in [0.05, 0.1) is 11.4 Å². The van der Waals surface area contributed by atoms with Crippen LogP contribution in [0.3, 0.4) is 0 Å². The zero-order valence-corrected chi connectivity index (χ0v) is 7.48. The number of hydrogen-bond donors (Lipinski definition) is 1. The Hall–Kier alpha value is -1.16. The van der Waals surface area contributed by atoms with Crippen molar-refractivity contribution >= 4 is 22.9 Å². The van der Waals surface area contributed by atoms with Gasteiger partial charge in [0.2, 0.25) is 5.28 Å². The first-order chi connectivity index (χ1) is 5.66. The van der Waals surface area contributed by atoms with Crippen LogP contribution in [0.15, 0.2) is 0 Å². The average molecular weight is 183 g/mol. The number of hydrogen-bond acceptors (Lipinski definition) is 3. The molecule has 0 atom stereocenters. The summed E-state index contributed by atoms with van der Waals surface area (Å²) >= 11 is 5.64. The van der Waals surface area contributed by atoms with Crippen molar-refractivity contribution in [3.8, 4) is 0 Å². The van der Waals surface area contributed by atoms with Gasteiger partial charge in [-0.25, -0.2) is 9.97 Å². The lowest BCUT2D eigenvalue weighted by atomic mass is 10.3. The van der Waals surface area contributed by atoms with E-state index in [1.54, 1.807) is 0 Å². The molecular weight excluding hydrogens is 176 g/mol. The van der Waals surface area contributed by atoms with Crippen molar-refractivity contribution in [2.24, 2.45) is 0 Å². The summed E-state index contributed by atoms with van der Waals surface area (Å²) in [5, 5.41) is 0.329. The third-order valence-corrected chi connectivity index (χ3v) is 1.89. The Kier molecular flexibility index (Phi) is 1.51. The fourth-order valence-electron chi connectivity index (χ4n) is 0.972. The summed E-state index contributed by atoms with van der Waals surface area (Å²) in [4.78, 5) is 15.2. The highest BCUT2D eigenvalue weighted by Gasteiger charge is 2.05.